The molecule has 4 rings (SSSR count). The van der Waals surface area contributed by atoms with Gasteiger partial charge in [0.2, 0.25) is 18.6 Å². The number of anilines is 1. The lowest BCUT2D eigenvalue weighted by atomic mass is 10.0. The number of rotatable bonds is 6. The number of carbonyl (C=O) groups is 3. The average Bonchev–Trinajstić information content (AvgIpc) is 3.39. The summed E-state index contributed by atoms with van der Waals surface area (Å²) in [6, 6.07) is 14.0. The van der Waals surface area contributed by atoms with E-state index in [1.807, 2.05) is 30.3 Å². The summed E-state index contributed by atoms with van der Waals surface area (Å²) in [5.74, 6) is -0.147. The molecule has 0 unspecified atom stereocenters. The van der Waals surface area contributed by atoms with E-state index in [9.17, 15) is 14.4 Å². The maximum atomic E-state index is 12.9. The highest BCUT2D eigenvalue weighted by Crippen LogP contribution is 2.37. The number of benzene rings is 2. The molecule has 0 radical (unpaired) electrons. The van der Waals surface area contributed by atoms with Crippen LogP contribution in [-0.4, -0.2) is 38.2 Å². The van der Waals surface area contributed by atoms with Crippen LogP contribution in [0.2, 0.25) is 0 Å². The number of amides is 2. The van der Waals surface area contributed by atoms with E-state index in [1.54, 1.807) is 23.1 Å². The van der Waals surface area contributed by atoms with Crippen molar-refractivity contribution in [1.29, 1.82) is 0 Å². The first-order chi connectivity index (χ1) is 14.5. The molecule has 0 aliphatic carbocycles. The van der Waals surface area contributed by atoms with Gasteiger partial charge in [0.1, 0.15) is 0 Å². The van der Waals surface area contributed by atoms with Crippen LogP contribution in [0.5, 0.6) is 11.5 Å². The highest BCUT2D eigenvalue weighted by molar-refractivity contribution is 6.00. The Labute approximate surface area is 173 Å². The number of nitrogens with zero attached hydrogens (tertiary/aromatic N) is 1. The first kappa shape index (κ1) is 19.8. The third-order valence-electron chi connectivity index (χ3n) is 5.28. The Hall–Kier alpha value is -3.55. The van der Waals surface area contributed by atoms with Crippen LogP contribution in [0, 0.1) is 5.92 Å². The highest BCUT2D eigenvalue weighted by atomic mass is 16.7. The van der Waals surface area contributed by atoms with Crippen molar-refractivity contribution >= 4 is 23.5 Å². The van der Waals surface area contributed by atoms with Crippen molar-refractivity contribution in [2.45, 2.75) is 18.9 Å². The van der Waals surface area contributed by atoms with Crippen LogP contribution in [0.15, 0.2) is 48.5 Å². The maximum Gasteiger partial charge on any atom is 0.307 e. The second-order valence-corrected chi connectivity index (χ2v) is 7.20. The molecule has 0 bridgehead atoms. The van der Waals surface area contributed by atoms with Crippen molar-refractivity contribution in [2.24, 2.45) is 5.92 Å². The molecule has 2 aliphatic rings. The van der Waals surface area contributed by atoms with E-state index in [0.29, 0.717) is 17.2 Å². The number of carbonyl (C=O) groups excluding carboxylic acids is 3. The summed E-state index contributed by atoms with van der Waals surface area (Å²) in [5, 5.41) is 2.91. The van der Waals surface area contributed by atoms with Crippen molar-refractivity contribution in [3.8, 4) is 11.5 Å². The molecule has 2 atom stereocenters. The molecule has 0 spiro atoms. The molecule has 8 heteroatoms. The average molecular weight is 410 g/mol. The highest BCUT2D eigenvalue weighted by Gasteiger charge is 2.36. The zero-order valence-electron chi connectivity index (χ0n) is 16.5. The smallest absolute Gasteiger partial charge is 0.307 e. The molecule has 2 aliphatic heterocycles. The molecule has 2 heterocycles. The van der Waals surface area contributed by atoms with E-state index in [2.05, 4.69) is 5.32 Å². The SMILES string of the molecule is COC(=O)C[C@@H](NC(=O)[C@H]1CC(=O)N(c2ccc3c(c2)OCO3)C1)c1ccccc1. The lowest BCUT2D eigenvalue weighted by Gasteiger charge is -2.21. The van der Waals surface area contributed by atoms with E-state index >= 15 is 0 Å². The molecular weight excluding hydrogens is 388 g/mol. The number of hydrogen-bond donors (Lipinski definition) is 1. The second-order valence-electron chi connectivity index (χ2n) is 7.20. The molecule has 1 saturated heterocycles. The fourth-order valence-electron chi connectivity index (χ4n) is 3.66. The van der Waals surface area contributed by atoms with Crippen LogP contribution in [0.4, 0.5) is 5.69 Å². The molecule has 1 N–H and O–H groups in total. The molecule has 8 nitrogen and oxygen atoms in total. The number of methoxy groups -OCH3 is 1. The largest absolute Gasteiger partial charge is 0.469 e. The number of hydrogen-bond acceptors (Lipinski definition) is 6. The maximum absolute atomic E-state index is 12.9. The molecule has 2 aromatic carbocycles. The Kier molecular flexibility index (Phi) is 5.56. The Morgan fingerprint density at radius 2 is 1.93 bits per heavy atom. The van der Waals surface area contributed by atoms with Gasteiger partial charge < -0.3 is 24.4 Å². The summed E-state index contributed by atoms with van der Waals surface area (Å²) < 4.78 is 15.4. The van der Waals surface area contributed by atoms with E-state index in [0.717, 1.165) is 5.56 Å². The number of fused-ring (bicyclic) bond motifs is 1. The van der Waals surface area contributed by atoms with Gasteiger partial charge in [0, 0.05) is 24.7 Å². The monoisotopic (exact) mass is 410 g/mol. The van der Waals surface area contributed by atoms with Gasteiger partial charge in [0.05, 0.1) is 25.5 Å². The number of ether oxygens (including phenoxy) is 3. The summed E-state index contributed by atoms with van der Waals surface area (Å²) in [6.07, 6.45) is 0.110. The van der Waals surface area contributed by atoms with Gasteiger partial charge in [-0.1, -0.05) is 30.3 Å². The second kappa shape index (κ2) is 8.44. The summed E-state index contributed by atoms with van der Waals surface area (Å²) in [6.45, 7) is 0.406. The van der Waals surface area contributed by atoms with E-state index in [4.69, 9.17) is 14.2 Å². The molecule has 1 fully saturated rings. The summed E-state index contributed by atoms with van der Waals surface area (Å²) in [7, 11) is 1.31. The lowest BCUT2D eigenvalue weighted by molar-refractivity contribution is -0.141. The third kappa shape index (κ3) is 4.07. The minimum absolute atomic E-state index is 0.0127. The quantitative estimate of drug-likeness (QED) is 0.734. The zero-order chi connectivity index (χ0) is 21.1. The zero-order valence-corrected chi connectivity index (χ0v) is 16.5. The van der Waals surface area contributed by atoms with Gasteiger partial charge in [-0.3, -0.25) is 14.4 Å². The van der Waals surface area contributed by atoms with Gasteiger partial charge >= 0.3 is 5.97 Å². The van der Waals surface area contributed by atoms with Gasteiger partial charge in [-0.15, -0.1) is 0 Å². The summed E-state index contributed by atoms with van der Waals surface area (Å²) in [4.78, 5) is 38.9. The molecule has 30 heavy (non-hydrogen) atoms. The fourth-order valence-corrected chi connectivity index (χ4v) is 3.66. The van der Waals surface area contributed by atoms with Gasteiger partial charge in [-0.05, 0) is 17.7 Å². The standard InChI is InChI=1S/C22H22N2O6/c1-28-21(26)11-17(14-5-3-2-4-6-14)23-22(27)15-9-20(25)24(12-15)16-7-8-18-19(10-16)30-13-29-18/h2-8,10,15,17H,9,11-13H2,1H3,(H,23,27)/t15-,17+/m0/s1. The number of esters is 1. The molecular formula is C22H22N2O6. The normalized spacial score (nSPS) is 18.2. The van der Waals surface area contributed by atoms with E-state index in [-0.39, 0.29) is 38.0 Å². The van der Waals surface area contributed by atoms with E-state index < -0.39 is 17.9 Å². The third-order valence-corrected chi connectivity index (χ3v) is 5.28. The van der Waals surface area contributed by atoms with Crippen LogP contribution >= 0.6 is 0 Å². The fraction of sp³-hybridized carbons (Fsp3) is 0.318. The van der Waals surface area contributed by atoms with Crippen LogP contribution < -0.4 is 19.7 Å². The van der Waals surface area contributed by atoms with Crippen LogP contribution in [0.1, 0.15) is 24.4 Å². The number of nitrogens with one attached hydrogen (secondary N) is 1. The summed E-state index contributed by atoms with van der Waals surface area (Å²) in [5.41, 5.74) is 1.46. The first-order valence-electron chi connectivity index (χ1n) is 9.67. The predicted octanol–water partition coefficient (Wildman–Crippen LogP) is 2.19. The van der Waals surface area contributed by atoms with Crippen molar-refractivity contribution in [3.05, 3.63) is 54.1 Å². The Morgan fingerprint density at radius 1 is 1.17 bits per heavy atom. The molecule has 156 valence electrons. The first-order valence-corrected chi connectivity index (χ1v) is 9.67. The molecule has 0 aromatic heterocycles. The molecule has 0 saturated carbocycles. The lowest BCUT2D eigenvalue weighted by Crippen LogP contribution is -2.36. The minimum atomic E-state index is -0.527. The molecule has 2 amide bonds. The van der Waals surface area contributed by atoms with Crippen LogP contribution in [-0.2, 0) is 19.1 Å². The van der Waals surface area contributed by atoms with Crippen LogP contribution in [0.3, 0.4) is 0 Å². The van der Waals surface area contributed by atoms with Crippen molar-refractivity contribution in [1.82, 2.24) is 5.32 Å². The van der Waals surface area contributed by atoms with Crippen molar-refractivity contribution in [2.75, 3.05) is 25.3 Å². The van der Waals surface area contributed by atoms with E-state index in [1.165, 1.54) is 7.11 Å². The van der Waals surface area contributed by atoms with Crippen LogP contribution in [0.25, 0.3) is 0 Å². The predicted molar refractivity (Wildman–Crippen MR) is 107 cm³/mol. The van der Waals surface area contributed by atoms with Crippen molar-refractivity contribution in [3.63, 3.8) is 0 Å². The Morgan fingerprint density at radius 3 is 2.70 bits per heavy atom. The van der Waals surface area contributed by atoms with Gasteiger partial charge in [-0.2, -0.15) is 0 Å². The van der Waals surface area contributed by atoms with Gasteiger partial charge in [-0.25, -0.2) is 0 Å². The summed E-state index contributed by atoms with van der Waals surface area (Å²) >= 11 is 0. The molecule has 2 aromatic rings. The minimum Gasteiger partial charge on any atom is -0.469 e. The van der Waals surface area contributed by atoms with Crippen molar-refractivity contribution < 1.29 is 28.6 Å². The Balaban J connectivity index is 1.46. The Bertz CT molecular complexity index is 961. The van der Waals surface area contributed by atoms with Gasteiger partial charge in [0.15, 0.2) is 11.5 Å². The van der Waals surface area contributed by atoms with Gasteiger partial charge in [0.25, 0.3) is 0 Å². The topological polar surface area (TPSA) is 94.2 Å².